The minimum atomic E-state index is -0.109. The van der Waals surface area contributed by atoms with E-state index in [1.165, 1.54) is 0 Å². The molecule has 0 aliphatic carbocycles. The largest absolute Gasteiger partial charge is 0.506 e. The van der Waals surface area contributed by atoms with Crippen molar-refractivity contribution in [1.29, 1.82) is 0 Å². The van der Waals surface area contributed by atoms with Gasteiger partial charge in [0.15, 0.2) is 5.82 Å². The number of hydrogen-bond donors (Lipinski definition) is 2. The lowest BCUT2D eigenvalue weighted by Crippen LogP contribution is -2.45. The first-order valence-corrected chi connectivity index (χ1v) is 10.8. The number of hydrogen-bond acceptors (Lipinski definition) is 4. The summed E-state index contributed by atoms with van der Waals surface area (Å²) in [6.45, 7) is 4.14. The number of carbonyl (C=O) groups is 1. The fourth-order valence-electron chi connectivity index (χ4n) is 4.79. The van der Waals surface area contributed by atoms with Gasteiger partial charge in [-0.15, -0.1) is 0 Å². The molecule has 31 heavy (non-hydrogen) atoms. The third-order valence-electron chi connectivity index (χ3n) is 6.30. The minimum absolute atomic E-state index is 0.00689. The number of rotatable bonds is 3. The summed E-state index contributed by atoms with van der Waals surface area (Å²) in [6.07, 6.45) is 1.83. The molecule has 7 heteroatoms. The molecule has 2 aromatic heterocycles. The number of aromatic nitrogens is 3. The monoisotopic (exact) mass is 417 g/mol. The summed E-state index contributed by atoms with van der Waals surface area (Å²) in [5.41, 5.74) is 9.85. The average molecular weight is 418 g/mol. The lowest BCUT2D eigenvalue weighted by molar-refractivity contribution is 0.0708. The molecule has 0 spiro atoms. The standard InChI is InChI=1S/C24H27N5O2/c1-3-29-19-9-5-4-7-15(19)12-20(29)23-26-18-11-16(13-21(30)22(18)27(23)2)24(31)28-10-6-8-17(25)14-28/h4-5,7,9,11-13,17,30H,3,6,8,10,14,25H2,1-2H3/t17-/m1/s1. The smallest absolute Gasteiger partial charge is 0.254 e. The van der Waals surface area contributed by atoms with Crippen molar-refractivity contribution >= 4 is 27.8 Å². The van der Waals surface area contributed by atoms with Crippen LogP contribution in [0.25, 0.3) is 33.5 Å². The number of nitrogens with zero attached hydrogens (tertiary/aromatic N) is 4. The molecule has 7 nitrogen and oxygen atoms in total. The number of nitrogens with two attached hydrogens (primary N) is 1. The van der Waals surface area contributed by atoms with Crippen LogP contribution in [0.2, 0.25) is 0 Å². The first-order chi connectivity index (χ1) is 15.0. The Labute approximate surface area is 180 Å². The van der Waals surface area contributed by atoms with Crippen molar-refractivity contribution in [3.8, 4) is 17.3 Å². The van der Waals surface area contributed by atoms with Gasteiger partial charge in [0.25, 0.3) is 5.91 Å². The van der Waals surface area contributed by atoms with Crippen LogP contribution in [0.3, 0.4) is 0 Å². The molecule has 0 bridgehead atoms. The molecule has 4 aromatic rings. The van der Waals surface area contributed by atoms with Crippen molar-refractivity contribution in [2.24, 2.45) is 12.8 Å². The van der Waals surface area contributed by atoms with Crippen LogP contribution in [-0.2, 0) is 13.6 Å². The Kier molecular flexibility index (Phi) is 4.70. The number of para-hydroxylation sites is 1. The molecular weight excluding hydrogens is 390 g/mol. The molecule has 1 aliphatic rings. The summed E-state index contributed by atoms with van der Waals surface area (Å²) in [7, 11) is 1.90. The van der Waals surface area contributed by atoms with Crippen molar-refractivity contribution in [2.45, 2.75) is 32.4 Å². The Morgan fingerprint density at radius 3 is 2.84 bits per heavy atom. The number of likely N-dealkylation sites (tertiary alicyclic amines) is 1. The normalized spacial score (nSPS) is 17.0. The molecule has 1 amide bonds. The number of aryl methyl sites for hydroxylation is 2. The van der Waals surface area contributed by atoms with Crippen LogP contribution in [-0.4, -0.2) is 49.2 Å². The number of fused-ring (bicyclic) bond motifs is 2. The number of carbonyl (C=O) groups excluding carboxylic acids is 1. The summed E-state index contributed by atoms with van der Waals surface area (Å²) in [6, 6.07) is 13.7. The van der Waals surface area contributed by atoms with Gasteiger partial charge < -0.3 is 24.9 Å². The van der Waals surface area contributed by atoms with Crippen LogP contribution in [0.15, 0.2) is 42.5 Å². The number of phenols is 1. The fourth-order valence-corrected chi connectivity index (χ4v) is 4.79. The number of benzene rings is 2. The lowest BCUT2D eigenvalue weighted by atomic mass is 10.0. The van der Waals surface area contributed by atoms with Gasteiger partial charge in [0, 0.05) is 49.2 Å². The molecule has 3 heterocycles. The van der Waals surface area contributed by atoms with Crippen molar-refractivity contribution in [3.05, 3.63) is 48.0 Å². The highest BCUT2D eigenvalue weighted by molar-refractivity contribution is 6.00. The maximum atomic E-state index is 13.0. The first-order valence-electron chi connectivity index (χ1n) is 10.8. The van der Waals surface area contributed by atoms with Crippen LogP contribution < -0.4 is 5.73 Å². The predicted molar refractivity (Wildman–Crippen MR) is 122 cm³/mol. The van der Waals surface area contributed by atoms with Crippen LogP contribution in [0.4, 0.5) is 0 Å². The zero-order valence-corrected chi connectivity index (χ0v) is 17.9. The molecule has 2 aromatic carbocycles. The van der Waals surface area contributed by atoms with E-state index in [4.69, 9.17) is 10.7 Å². The topological polar surface area (TPSA) is 89.3 Å². The highest BCUT2D eigenvalue weighted by atomic mass is 16.3. The Bertz CT molecular complexity index is 1300. The SMILES string of the molecule is CCn1c(-c2nc3cc(C(=O)N4CCC[C@@H](N)C4)cc(O)c3n2C)cc2ccccc21. The molecule has 1 fully saturated rings. The van der Waals surface area contributed by atoms with E-state index < -0.39 is 0 Å². The second-order valence-electron chi connectivity index (χ2n) is 8.34. The zero-order chi connectivity index (χ0) is 21.7. The van der Waals surface area contributed by atoms with Crippen molar-refractivity contribution in [1.82, 2.24) is 19.0 Å². The molecule has 0 saturated carbocycles. The summed E-state index contributed by atoms with van der Waals surface area (Å²) in [4.78, 5) is 19.6. The van der Waals surface area contributed by atoms with Crippen molar-refractivity contribution in [3.63, 3.8) is 0 Å². The Morgan fingerprint density at radius 1 is 1.26 bits per heavy atom. The van der Waals surface area contributed by atoms with E-state index in [2.05, 4.69) is 29.7 Å². The zero-order valence-electron chi connectivity index (χ0n) is 17.9. The summed E-state index contributed by atoms with van der Waals surface area (Å²) in [5.74, 6) is 0.706. The molecule has 1 saturated heterocycles. The van der Waals surface area contributed by atoms with Gasteiger partial charge in [0.2, 0.25) is 0 Å². The minimum Gasteiger partial charge on any atom is -0.506 e. The molecule has 3 N–H and O–H groups in total. The number of piperidine rings is 1. The molecule has 160 valence electrons. The summed E-state index contributed by atoms with van der Waals surface area (Å²) in [5, 5.41) is 11.9. The maximum Gasteiger partial charge on any atom is 0.254 e. The third kappa shape index (κ3) is 3.16. The second kappa shape index (κ2) is 7.42. The van der Waals surface area contributed by atoms with Crippen LogP contribution in [0.5, 0.6) is 5.75 Å². The highest BCUT2D eigenvalue weighted by Gasteiger charge is 2.25. The number of phenolic OH excluding ortho intramolecular Hbond substituents is 1. The van der Waals surface area contributed by atoms with Gasteiger partial charge in [0.1, 0.15) is 11.3 Å². The van der Waals surface area contributed by atoms with E-state index in [-0.39, 0.29) is 17.7 Å². The molecule has 5 rings (SSSR count). The molecular formula is C24H27N5O2. The number of amides is 1. The quantitative estimate of drug-likeness (QED) is 0.534. The van der Waals surface area contributed by atoms with Gasteiger partial charge in [-0.25, -0.2) is 4.98 Å². The Morgan fingerprint density at radius 2 is 2.06 bits per heavy atom. The van der Waals surface area contributed by atoms with Gasteiger partial charge in [-0.05, 0) is 44.0 Å². The van der Waals surface area contributed by atoms with E-state index >= 15 is 0 Å². The van der Waals surface area contributed by atoms with Crippen molar-refractivity contribution in [2.75, 3.05) is 13.1 Å². The fraction of sp³-hybridized carbons (Fsp3) is 0.333. The third-order valence-corrected chi connectivity index (χ3v) is 6.30. The molecule has 0 radical (unpaired) electrons. The van der Waals surface area contributed by atoms with Crippen molar-refractivity contribution < 1.29 is 9.90 Å². The summed E-state index contributed by atoms with van der Waals surface area (Å²) < 4.78 is 4.12. The van der Waals surface area contributed by atoms with Gasteiger partial charge in [-0.1, -0.05) is 18.2 Å². The van der Waals surface area contributed by atoms with E-state index in [1.807, 2.05) is 23.7 Å². The molecule has 1 aliphatic heterocycles. The van der Waals surface area contributed by atoms with Crippen LogP contribution >= 0.6 is 0 Å². The maximum absolute atomic E-state index is 13.0. The van der Waals surface area contributed by atoms with E-state index in [1.54, 1.807) is 17.0 Å². The predicted octanol–water partition coefficient (Wildman–Crippen LogP) is 3.48. The number of imidazole rings is 1. The van der Waals surface area contributed by atoms with E-state index in [9.17, 15) is 9.90 Å². The van der Waals surface area contributed by atoms with E-state index in [0.29, 0.717) is 29.7 Å². The van der Waals surface area contributed by atoms with Gasteiger partial charge >= 0.3 is 0 Å². The van der Waals surface area contributed by atoms with Gasteiger partial charge in [0.05, 0.1) is 11.2 Å². The second-order valence-corrected chi connectivity index (χ2v) is 8.34. The molecule has 1 atom stereocenters. The first kappa shape index (κ1) is 19.6. The average Bonchev–Trinajstić information content (AvgIpc) is 3.30. The Balaban J connectivity index is 1.62. The highest BCUT2D eigenvalue weighted by Crippen LogP contribution is 2.34. The molecule has 0 unspecified atom stereocenters. The van der Waals surface area contributed by atoms with Gasteiger partial charge in [-0.3, -0.25) is 4.79 Å². The number of aromatic hydroxyl groups is 1. The van der Waals surface area contributed by atoms with E-state index in [0.717, 1.165) is 41.8 Å². The summed E-state index contributed by atoms with van der Waals surface area (Å²) >= 11 is 0. The van der Waals surface area contributed by atoms with Gasteiger partial charge in [-0.2, -0.15) is 0 Å². The Hall–Kier alpha value is -3.32. The lowest BCUT2D eigenvalue weighted by Gasteiger charge is -2.30. The van der Waals surface area contributed by atoms with Crippen LogP contribution in [0.1, 0.15) is 30.1 Å². The van der Waals surface area contributed by atoms with Crippen LogP contribution in [0, 0.1) is 0 Å².